The third kappa shape index (κ3) is 5.85. The van der Waals surface area contributed by atoms with E-state index in [1.165, 1.54) is 67.3 Å². The lowest BCUT2D eigenvalue weighted by Crippen LogP contribution is -2.39. The molecule has 1 N–H and O–H groups in total. The van der Waals surface area contributed by atoms with Crippen molar-refractivity contribution in [3.8, 4) is 17.2 Å². The fraction of sp³-hybridized carbons (Fsp3) is 0.419. The fourth-order valence-corrected chi connectivity index (χ4v) is 5.97. The Labute approximate surface area is 210 Å². The number of nitriles is 1. The zero-order chi connectivity index (χ0) is 24.0. The summed E-state index contributed by atoms with van der Waals surface area (Å²) in [5, 5.41) is 12.9. The lowest BCUT2D eigenvalue weighted by molar-refractivity contribution is 0.247. The summed E-state index contributed by atoms with van der Waals surface area (Å²) in [6.07, 6.45) is 11.0. The van der Waals surface area contributed by atoms with Crippen LogP contribution in [-0.2, 0) is 0 Å². The van der Waals surface area contributed by atoms with Crippen molar-refractivity contribution in [3.05, 3.63) is 78.0 Å². The van der Waals surface area contributed by atoms with E-state index in [0.717, 1.165) is 30.4 Å². The van der Waals surface area contributed by atoms with Crippen molar-refractivity contribution >= 4 is 11.5 Å². The fourth-order valence-electron chi connectivity index (χ4n) is 5.97. The topological polar surface area (TPSA) is 52.0 Å². The Balaban J connectivity index is 1.24. The number of hydrogen-bond acceptors (Lipinski definition) is 4. The van der Waals surface area contributed by atoms with Gasteiger partial charge in [0.1, 0.15) is 5.82 Å². The van der Waals surface area contributed by atoms with Crippen molar-refractivity contribution in [2.24, 2.45) is 11.8 Å². The Bertz CT molecular complexity index is 1150. The predicted molar refractivity (Wildman–Crippen MR) is 144 cm³/mol. The van der Waals surface area contributed by atoms with Crippen LogP contribution in [0.1, 0.15) is 56.1 Å². The molecule has 35 heavy (non-hydrogen) atoms. The zero-order valence-electron chi connectivity index (χ0n) is 20.8. The molecule has 0 unspecified atom stereocenters. The normalized spacial score (nSPS) is 22.4. The van der Waals surface area contributed by atoms with Crippen molar-refractivity contribution in [2.75, 3.05) is 23.3 Å². The number of piperidine rings is 1. The maximum Gasteiger partial charge on any atom is 0.126 e. The molecular formula is C31H36N4. The average molecular weight is 465 g/mol. The minimum atomic E-state index is 0.495. The highest BCUT2D eigenvalue weighted by molar-refractivity contribution is 5.66. The molecule has 1 aliphatic carbocycles. The first kappa shape index (κ1) is 23.4. The smallest absolute Gasteiger partial charge is 0.126 e. The number of benzene rings is 2. The number of pyridine rings is 1. The SMILES string of the molecule is Cc1ccc(-c2ccnc(N[C@@H]3CCCC[C@H]3C[C@H]3CCCN(c4ccc(C#N)cc4)C3)c2)cc1. The highest BCUT2D eigenvalue weighted by atomic mass is 15.1. The Morgan fingerprint density at radius 1 is 0.943 bits per heavy atom. The average Bonchev–Trinajstić information content (AvgIpc) is 2.91. The monoisotopic (exact) mass is 464 g/mol. The van der Waals surface area contributed by atoms with Crippen molar-refractivity contribution in [3.63, 3.8) is 0 Å². The van der Waals surface area contributed by atoms with Gasteiger partial charge in [0.15, 0.2) is 0 Å². The van der Waals surface area contributed by atoms with E-state index in [0.29, 0.717) is 12.0 Å². The summed E-state index contributed by atoms with van der Waals surface area (Å²) in [7, 11) is 0. The third-order valence-corrected chi connectivity index (χ3v) is 7.90. The molecule has 2 heterocycles. The van der Waals surface area contributed by atoms with Crippen LogP contribution in [0.4, 0.5) is 11.5 Å². The molecule has 1 aliphatic heterocycles. The van der Waals surface area contributed by atoms with Crippen molar-refractivity contribution < 1.29 is 0 Å². The molecule has 2 aliphatic rings. The molecular weight excluding hydrogens is 428 g/mol. The summed E-state index contributed by atoms with van der Waals surface area (Å²) < 4.78 is 0. The molecule has 2 fully saturated rings. The van der Waals surface area contributed by atoms with Crippen molar-refractivity contribution in [2.45, 2.75) is 57.9 Å². The van der Waals surface area contributed by atoms with Crippen LogP contribution >= 0.6 is 0 Å². The van der Waals surface area contributed by atoms with E-state index >= 15 is 0 Å². The lowest BCUT2D eigenvalue weighted by Gasteiger charge is -2.39. The van der Waals surface area contributed by atoms with Gasteiger partial charge < -0.3 is 10.2 Å². The van der Waals surface area contributed by atoms with E-state index in [4.69, 9.17) is 5.26 Å². The first-order valence-electron chi connectivity index (χ1n) is 13.2. The second-order valence-corrected chi connectivity index (χ2v) is 10.4. The van der Waals surface area contributed by atoms with Gasteiger partial charge in [-0.15, -0.1) is 0 Å². The molecule has 2 aromatic carbocycles. The van der Waals surface area contributed by atoms with Crippen LogP contribution in [-0.4, -0.2) is 24.1 Å². The largest absolute Gasteiger partial charge is 0.371 e. The first-order valence-corrected chi connectivity index (χ1v) is 13.2. The molecule has 0 amide bonds. The molecule has 4 nitrogen and oxygen atoms in total. The predicted octanol–water partition coefficient (Wildman–Crippen LogP) is 7.21. The van der Waals surface area contributed by atoms with E-state index in [1.807, 2.05) is 18.3 Å². The summed E-state index contributed by atoms with van der Waals surface area (Å²) in [6, 6.07) is 23.9. The van der Waals surface area contributed by atoms with Crippen molar-refractivity contribution in [1.29, 1.82) is 5.26 Å². The molecule has 1 saturated carbocycles. The van der Waals surface area contributed by atoms with Crippen LogP contribution in [0.2, 0.25) is 0 Å². The molecule has 1 saturated heterocycles. The summed E-state index contributed by atoms with van der Waals surface area (Å²) in [5.74, 6) is 2.42. The van der Waals surface area contributed by atoms with Gasteiger partial charge in [-0.25, -0.2) is 4.98 Å². The number of aromatic nitrogens is 1. The Hall–Kier alpha value is -3.32. The number of hydrogen-bond donors (Lipinski definition) is 1. The highest BCUT2D eigenvalue weighted by Crippen LogP contribution is 2.35. The highest BCUT2D eigenvalue weighted by Gasteiger charge is 2.30. The van der Waals surface area contributed by atoms with Gasteiger partial charge in [-0.3, -0.25) is 0 Å². The number of nitrogens with zero attached hydrogens (tertiary/aromatic N) is 3. The van der Waals surface area contributed by atoms with Gasteiger partial charge in [0.25, 0.3) is 0 Å². The molecule has 0 radical (unpaired) electrons. The molecule has 5 rings (SSSR count). The van der Waals surface area contributed by atoms with Gasteiger partial charge in [-0.2, -0.15) is 5.26 Å². The molecule has 4 heteroatoms. The zero-order valence-corrected chi connectivity index (χ0v) is 20.8. The van der Waals surface area contributed by atoms with Gasteiger partial charge in [-0.05, 0) is 98.4 Å². The van der Waals surface area contributed by atoms with Crippen molar-refractivity contribution in [1.82, 2.24) is 4.98 Å². The number of nitrogens with one attached hydrogen (secondary N) is 1. The molecule has 3 atom stereocenters. The maximum absolute atomic E-state index is 9.10. The van der Waals surface area contributed by atoms with Crippen LogP contribution in [0.3, 0.4) is 0 Å². The van der Waals surface area contributed by atoms with Crippen LogP contribution < -0.4 is 10.2 Å². The van der Waals surface area contributed by atoms with Gasteiger partial charge >= 0.3 is 0 Å². The minimum Gasteiger partial charge on any atom is -0.371 e. The Morgan fingerprint density at radius 3 is 2.54 bits per heavy atom. The van der Waals surface area contributed by atoms with Gasteiger partial charge in [0.2, 0.25) is 0 Å². The van der Waals surface area contributed by atoms with Crippen LogP contribution in [0.15, 0.2) is 66.9 Å². The van der Waals surface area contributed by atoms with E-state index in [1.54, 1.807) is 0 Å². The maximum atomic E-state index is 9.10. The third-order valence-electron chi connectivity index (χ3n) is 7.90. The summed E-state index contributed by atoms with van der Waals surface area (Å²) in [5.41, 5.74) is 5.74. The number of rotatable bonds is 6. The summed E-state index contributed by atoms with van der Waals surface area (Å²) in [4.78, 5) is 7.20. The van der Waals surface area contributed by atoms with Crippen LogP contribution in [0.5, 0.6) is 0 Å². The molecule has 3 aromatic rings. The molecule has 1 aromatic heterocycles. The van der Waals surface area contributed by atoms with Crippen LogP contribution in [0, 0.1) is 30.1 Å². The standard InChI is InChI=1S/C31H36N4/c1-23-8-12-26(13-9-23)27-16-17-33-31(20-27)34-30-7-3-2-6-28(30)19-25-5-4-18-35(22-25)29-14-10-24(21-32)11-15-29/h8-17,20,25,28,30H,2-7,18-19,22H2,1H3,(H,33,34)/t25-,28+,30-/m1/s1. The van der Waals surface area contributed by atoms with Crippen LogP contribution in [0.25, 0.3) is 11.1 Å². The van der Waals surface area contributed by atoms with E-state index < -0.39 is 0 Å². The molecule has 0 bridgehead atoms. The second kappa shape index (κ2) is 11.0. The minimum absolute atomic E-state index is 0.495. The molecule has 0 spiro atoms. The van der Waals surface area contributed by atoms with E-state index in [-0.39, 0.29) is 0 Å². The number of aryl methyl sites for hydroxylation is 1. The van der Waals surface area contributed by atoms with E-state index in [2.05, 4.69) is 76.7 Å². The number of anilines is 2. The quantitative estimate of drug-likeness (QED) is 0.419. The second-order valence-electron chi connectivity index (χ2n) is 10.4. The van der Waals surface area contributed by atoms with Gasteiger partial charge in [0, 0.05) is 31.0 Å². The summed E-state index contributed by atoms with van der Waals surface area (Å²) in [6.45, 7) is 4.36. The first-order chi connectivity index (χ1) is 17.2. The van der Waals surface area contributed by atoms with Gasteiger partial charge in [0.05, 0.1) is 11.6 Å². The van der Waals surface area contributed by atoms with Gasteiger partial charge in [-0.1, -0.05) is 42.7 Å². The summed E-state index contributed by atoms with van der Waals surface area (Å²) >= 11 is 0. The van der Waals surface area contributed by atoms with E-state index in [9.17, 15) is 0 Å². The Morgan fingerprint density at radius 2 is 1.74 bits per heavy atom. The lowest BCUT2D eigenvalue weighted by atomic mass is 9.77. The Kier molecular flexibility index (Phi) is 7.33. The molecule has 180 valence electrons.